The number of aryl methyl sites for hydroxylation is 2. The van der Waals surface area contributed by atoms with E-state index in [4.69, 9.17) is 4.52 Å². The van der Waals surface area contributed by atoms with E-state index < -0.39 is 0 Å². The molecule has 22 heavy (non-hydrogen) atoms. The van der Waals surface area contributed by atoms with Crippen molar-refractivity contribution in [1.82, 2.24) is 5.16 Å². The predicted octanol–water partition coefficient (Wildman–Crippen LogP) is 3.88. The molecule has 4 nitrogen and oxygen atoms in total. The van der Waals surface area contributed by atoms with Gasteiger partial charge in [0, 0.05) is 11.1 Å². The zero-order chi connectivity index (χ0) is 15.5. The van der Waals surface area contributed by atoms with E-state index in [1.165, 1.54) is 0 Å². The van der Waals surface area contributed by atoms with Crippen LogP contribution in [0.5, 0.6) is 0 Å². The fourth-order valence-corrected chi connectivity index (χ4v) is 2.53. The van der Waals surface area contributed by atoms with E-state index in [-0.39, 0.29) is 12.3 Å². The number of fused-ring (bicyclic) bond motifs is 1. The number of hydrogen-bond donors (Lipinski definition) is 1. The van der Waals surface area contributed by atoms with E-state index in [1.54, 1.807) is 0 Å². The molecule has 0 fully saturated rings. The second kappa shape index (κ2) is 6.02. The summed E-state index contributed by atoms with van der Waals surface area (Å²) in [7, 11) is 0. The van der Waals surface area contributed by atoms with Gasteiger partial charge in [-0.1, -0.05) is 41.9 Å². The average molecular weight is 294 g/mol. The maximum atomic E-state index is 12.3. The van der Waals surface area contributed by atoms with Gasteiger partial charge in [0.25, 0.3) is 0 Å². The van der Waals surface area contributed by atoms with Gasteiger partial charge in [-0.3, -0.25) is 4.79 Å². The Kier molecular flexibility index (Phi) is 3.92. The molecular weight excluding hydrogens is 276 g/mol. The van der Waals surface area contributed by atoms with Crippen molar-refractivity contribution in [2.75, 3.05) is 5.32 Å². The van der Waals surface area contributed by atoms with Gasteiger partial charge < -0.3 is 9.84 Å². The topological polar surface area (TPSA) is 55.1 Å². The summed E-state index contributed by atoms with van der Waals surface area (Å²) in [6, 6.07) is 13.7. The normalized spacial score (nSPS) is 10.8. The maximum Gasteiger partial charge on any atom is 0.230 e. The Balaban J connectivity index is 1.80. The smallest absolute Gasteiger partial charge is 0.230 e. The molecule has 1 heterocycles. The fraction of sp³-hybridized carbons (Fsp3) is 0.222. The molecule has 0 atom stereocenters. The number of anilines is 1. The van der Waals surface area contributed by atoms with Crippen LogP contribution in [0.2, 0.25) is 0 Å². The molecule has 1 aromatic heterocycles. The standard InChI is InChI=1S/C18H18N2O2/c1-3-13-6-4-5-7-15(13)19-18(21)11-16-14-10-12(2)8-9-17(14)22-20-16/h4-10H,3,11H2,1-2H3,(H,19,21). The van der Waals surface area contributed by atoms with Crippen molar-refractivity contribution in [3.63, 3.8) is 0 Å². The molecule has 2 aromatic carbocycles. The summed E-state index contributed by atoms with van der Waals surface area (Å²) in [5, 5.41) is 7.88. The summed E-state index contributed by atoms with van der Waals surface area (Å²) >= 11 is 0. The van der Waals surface area contributed by atoms with Crippen molar-refractivity contribution >= 4 is 22.6 Å². The largest absolute Gasteiger partial charge is 0.356 e. The van der Waals surface area contributed by atoms with Crippen molar-refractivity contribution in [2.24, 2.45) is 0 Å². The van der Waals surface area contributed by atoms with Gasteiger partial charge in [-0.15, -0.1) is 0 Å². The molecule has 0 aliphatic carbocycles. The summed E-state index contributed by atoms with van der Waals surface area (Å²) in [5.74, 6) is -0.0855. The molecule has 0 saturated heterocycles. The van der Waals surface area contributed by atoms with Crippen molar-refractivity contribution < 1.29 is 9.32 Å². The molecule has 0 saturated carbocycles. The van der Waals surface area contributed by atoms with Crippen LogP contribution in [0.4, 0.5) is 5.69 Å². The highest BCUT2D eigenvalue weighted by atomic mass is 16.5. The first-order valence-corrected chi connectivity index (χ1v) is 7.40. The van der Waals surface area contributed by atoms with Crippen LogP contribution in [0.1, 0.15) is 23.7 Å². The lowest BCUT2D eigenvalue weighted by Crippen LogP contribution is -2.15. The third-order valence-corrected chi connectivity index (χ3v) is 3.70. The molecule has 3 aromatic rings. The van der Waals surface area contributed by atoms with Gasteiger partial charge >= 0.3 is 0 Å². The Morgan fingerprint density at radius 1 is 1.23 bits per heavy atom. The first-order valence-electron chi connectivity index (χ1n) is 7.40. The number of amides is 1. The number of nitrogens with zero attached hydrogens (tertiary/aromatic N) is 1. The molecular formula is C18H18N2O2. The number of para-hydroxylation sites is 1. The minimum absolute atomic E-state index is 0.0855. The zero-order valence-electron chi connectivity index (χ0n) is 12.7. The maximum absolute atomic E-state index is 12.3. The Hall–Kier alpha value is -2.62. The third kappa shape index (κ3) is 2.86. The van der Waals surface area contributed by atoms with Crippen molar-refractivity contribution in [1.29, 1.82) is 0 Å². The average Bonchev–Trinajstić information content (AvgIpc) is 2.90. The SMILES string of the molecule is CCc1ccccc1NC(=O)Cc1noc2ccc(C)cc12. The summed E-state index contributed by atoms with van der Waals surface area (Å²) in [4.78, 5) is 12.3. The molecule has 4 heteroatoms. The van der Waals surface area contributed by atoms with Gasteiger partial charge in [0.2, 0.25) is 5.91 Å². The van der Waals surface area contributed by atoms with Crippen molar-refractivity contribution in [3.8, 4) is 0 Å². The molecule has 0 aliphatic rings. The summed E-state index contributed by atoms with van der Waals surface area (Å²) in [6.45, 7) is 4.08. The lowest BCUT2D eigenvalue weighted by Gasteiger charge is -2.08. The minimum atomic E-state index is -0.0855. The molecule has 0 radical (unpaired) electrons. The molecule has 3 rings (SSSR count). The van der Waals surface area contributed by atoms with Gasteiger partial charge in [0.15, 0.2) is 5.58 Å². The van der Waals surface area contributed by atoms with Crippen LogP contribution in [0, 0.1) is 6.92 Å². The van der Waals surface area contributed by atoms with Gasteiger partial charge in [0.1, 0.15) is 5.69 Å². The summed E-state index contributed by atoms with van der Waals surface area (Å²) in [6.07, 6.45) is 1.08. The van der Waals surface area contributed by atoms with Crippen LogP contribution in [0.25, 0.3) is 11.0 Å². The molecule has 0 spiro atoms. The van der Waals surface area contributed by atoms with E-state index in [9.17, 15) is 4.79 Å². The Morgan fingerprint density at radius 2 is 2.05 bits per heavy atom. The fourth-order valence-electron chi connectivity index (χ4n) is 2.53. The van der Waals surface area contributed by atoms with Gasteiger partial charge in [0.05, 0.1) is 6.42 Å². The van der Waals surface area contributed by atoms with Gasteiger partial charge in [-0.05, 0) is 37.1 Å². The minimum Gasteiger partial charge on any atom is -0.356 e. The molecule has 0 aliphatic heterocycles. The van der Waals surface area contributed by atoms with Crippen LogP contribution < -0.4 is 5.32 Å². The second-order valence-electron chi connectivity index (χ2n) is 5.36. The number of nitrogens with one attached hydrogen (secondary N) is 1. The number of benzene rings is 2. The lowest BCUT2D eigenvalue weighted by molar-refractivity contribution is -0.115. The summed E-state index contributed by atoms with van der Waals surface area (Å²) < 4.78 is 5.27. The van der Waals surface area contributed by atoms with E-state index >= 15 is 0 Å². The highest BCUT2D eigenvalue weighted by Gasteiger charge is 2.13. The van der Waals surface area contributed by atoms with E-state index in [0.29, 0.717) is 11.3 Å². The van der Waals surface area contributed by atoms with E-state index in [1.807, 2.05) is 49.4 Å². The number of carbonyl (C=O) groups is 1. The third-order valence-electron chi connectivity index (χ3n) is 3.70. The first-order chi connectivity index (χ1) is 10.7. The van der Waals surface area contributed by atoms with E-state index in [2.05, 4.69) is 17.4 Å². The van der Waals surface area contributed by atoms with Crippen LogP contribution >= 0.6 is 0 Å². The highest BCUT2D eigenvalue weighted by molar-refractivity contribution is 5.95. The van der Waals surface area contributed by atoms with Gasteiger partial charge in [-0.2, -0.15) is 0 Å². The molecule has 0 bridgehead atoms. The summed E-state index contributed by atoms with van der Waals surface area (Å²) in [5.41, 5.74) is 4.48. The van der Waals surface area contributed by atoms with Crippen LogP contribution in [-0.2, 0) is 17.6 Å². The highest BCUT2D eigenvalue weighted by Crippen LogP contribution is 2.21. The zero-order valence-corrected chi connectivity index (χ0v) is 12.7. The Labute approximate surface area is 129 Å². The molecule has 1 N–H and O–H groups in total. The molecule has 112 valence electrons. The first kappa shape index (κ1) is 14.3. The van der Waals surface area contributed by atoms with E-state index in [0.717, 1.165) is 28.6 Å². The lowest BCUT2D eigenvalue weighted by atomic mass is 10.1. The van der Waals surface area contributed by atoms with Gasteiger partial charge in [-0.25, -0.2) is 0 Å². The monoisotopic (exact) mass is 294 g/mol. The molecule has 0 unspecified atom stereocenters. The Morgan fingerprint density at radius 3 is 2.86 bits per heavy atom. The predicted molar refractivity (Wildman–Crippen MR) is 86.9 cm³/mol. The number of rotatable bonds is 4. The number of aromatic nitrogens is 1. The van der Waals surface area contributed by atoms with Crippen LogP contribution in [-0.4, -0.2) is 11.1 Å². The van der Waals surface area contributed by atoms with Crippen LogP contribution in [0.15, 0.2) is 47.0 Å². The second-order valence-corrected chi connectivity index (χ2v) is 5.36. The number of carbonyl (C=O) groups excluding carboxylic acids is 1. The quantitative estimate of drug-likeness (QED) is 0.794. The van der Waals surface area contributed by atoms with Crippen molar-refractivity contribution in [2.45, 2.75) is 26.7 Å². The van der Waals surface area contributed by atoms with Crippen LogP contribution in [0.3, 0.4) is 0 Å². The number of hydrogen-bond acceptors (Lipinski definition) is 3. The Bertz CT molecular complexity index is 821. The molecule has 1 amide bonds. The van der Waals surface area contributed by atoms with Crippen molar-refractivity contribution in [3.05, 3.63) is 59.3 Å².